The number of carbonyl (C=O) groups is 11. The molecule has 546 valence electrons. The number of guanidine groups is 1. The lowest BCUT2D eigenvalue weighted by atomic mass is 9.44. The lowest BCUT2D eigenvalue weighted by Gasteiger charge is -2.67. The van der Waals surface area contributed by atoms with Gasteiger partial charge in [-0.3, -0.25) is 48.1 Å². The zero-order chi connectivity index (χ0) is 74.6. The predicted molar refractivity (Wildman–Crippen MR) is 373 cm³/mol. The summed E-state index contributed by atoms with van der Waals surface area (Å²) in [5.74, 6) is -12.5. The summed E-state index contributed by atoms with van der Waals surface area (Å²) in [5, 5.41) is 37.6. The number of ether oxygens (including phenoxy) is 6. The smallest absolute Gasteiger partial charge is 0.350 e. The van der Waals surface area contributed by atoms with Crippen LogP contribution in [0, 0.1) is 16.7 Å². The molecule has 27 heteroatoms. The van der Waals surface area contributed by atoms with Crippen LogP contribution in [0.15, 0.2) is 168 Å². The van der Waals surface area contributed by atoms with Crippen LogP contribution in [0.3, 0.4) is 0 Å². The number of fused-ring (bicyclic) bond motifs is 5. The summed E-state index contributed by atoms with van der Waals surface area (Å²) in [5.41, 5.74) is 3.82. The maximum atomic E-state index is 16.0. The monoisotopic (exact) mass is 1440 g/mol. The van der Waals surface area contributed by atoms with Gasteiger partial charge in [0.25, 0.3) is 5.91 Å². The molecule has 5 aromatic carbocycles. The van der Waals surface area contributed by atoms with Crippen LogP contribution < -0.4 is 32.7 Å². The topological polar surface area (TPSA) is 396 Å². The quantitative estimate of drug-likeness (QED) is 0.00602. The lowest BCUT2D eigenvalue weighted by molar-refractivity contribution is -0.346. The van der Waals surface area contributed by atoms with Gasteiger partial charge < -0.3 is 71.4 Å². The van der Waals surface area contributed by atoms with Crippen molar-refractivity contribution in [3.8, 4) is 0 Å². The number of nitrogens with zero attached hydrogens (tertiary/aromatic N) is 1. The molecule has 10 N–H and O–H groups in total. The highest BCUT2D eigenvalue weighted by Crippen LogP contribution is 2.64. The maximum absolute atomic E-state index is 16.0. The Morgan fingerprint density at radius 2 is 1.23 bits per heavy atom. The van der Waals surface area contributed by atoms with Gasteiger partial charge in [0.15, 0.2) is 29.2 Å². The second-order valence-corrected chi connectivity index (χ2v) is 27.3. The Kier molecular flexibility index (Phi) is 24.9. The molecule has 9 rings (SSSR count). The summed E-state index contributed by atoms with van der Waals surface area (Å²) < 4.78 is 37.3. The van der Waals surface area contributed by atoms with E-state index in [0.717, 1.165) is 13.8 Å². The molecule has 26 nitrogen and oxygen atoms in total. The third kappa shape index (κ3) is 17.3. The van der Waals surface area contributed by atoms with E-state index in [0.29, 0.717) is 11.1 Å². The molecule has 3 fully saturated rings. The van der Waals surface area contributed by atoms with E-state index < -0.39 is 186 Å². The minimum absolute atomic E-state index is 0.0158. The number of amides is 4. The largest absolute Gasteiger partial charge is 0.455 e. The molecular weight excluding hydrogens is 1350 g/mol. The molecule has 5 aromatic rings. The summed E-state index contributed by atoms with van der Waals surface area (Å²) in [6.45, 7) is 7.69. The highest BCUT2D eigenvalue weighted by atomic mass is 35.5. The van der Waals surface area contributed by atoms with Crippen molar-refractivity contribution in [2.75, 3.05) is 19.0 Å². The molecule has 1 heterocycles. The fraction of sp³-hybridized carbons (Fsp3) is 0.421. The van der Waals surface area contributed by atoms with E-state index in [1.54, 1.807) is 115 Å². The average Bonchev–Trinajstić information content (AvgIpc) is 0.669. The number of hydrogen-bond donors (Lipinski definition) is 8. The van der Waals surface area contributed by atoms with Crippen LogP contribution in [0.2, 0.25) is 0 Å². The Hall–Kier alpha value is -10.2. The Morgan fingerprint density at radius 1 is 0.689 bits per heavy atom. The Morgan fingerprint density at radius 3 is 1.77 bits per heavy atom. The second kappa shape index (κ2) is 33.3. The van der Waals surface area contributed by atoms with Gasteiger partial charge in [-0.2, -0.15) is 0 Å². The Balaban J connectivity index is 1.06. The molecule has 4 aliphatic rings. The number of alkyl halides is 1. The first-order valence-electron chi connectivity index (χ1n) is 33.9. The first-order chi connectivity index (χ1) is 49.0. The SMILES string of the molecule is CC(=O)O[C@H]1C(=O)[C@@]2(C)[C@H]([C@H](OC(=O)c3ccccc3)[C@]3(O)CC(OC(=O)[C@H](OC(=O)CCC(=O)N[C@@H](Cc4ccccc4)C(=O)N[C@@H](Cc4ccccc4)C(=O)N[C@@H](CCCN=C(N)N)C(=O)CCl)[C@@H](NC(=O)c4ccccc4)c4ccccc4)C(C)=C1C3(C)C)[C@]1(OC(C)=O)CO[C@@H]1C[C@@H]2O. The molecule has 4 amide bonds. The zero-order valence-corrected chi connectivity index (χ0v) is 58.6. The summed E-state index contributed by atoms with van der Waals surface area (Å²) in [6.07, 6.45) is -13.1. The molecule has 2 saturated carbocycles. The molecule has 0 radical (unpaired) electrons. The summed E-state index contributed by atoms with van der Waals surface area (Å²) >= 11 is 5.98. The molecular formula is C76H86ClN7O19. The van der Waals surface area contributed by atoms with Crippen LogP contribution in [0.25, 0.3) is 0 Å². The van der Waals surface area contributed by atoms with Crippen molar-refractivity contribution >= 4 is 82.6 Å². The predicted octanol–water partition coefficient (Wildman–Crippen LogP) is 4.87. The van der Waals surface area contributed by atoms with E-state index in [1.807, 2.05) is 0 Å². The zero-order valence-electron chi connectivity index (χ0n) is 57.9. The molecule has 14 atom stereocenters. The molecule has 103 heavy (non-hydrogen) atoms. The van der Waals surface area contributed by atoms with Crippen molar-refractivity contribution in [3.63, 3.8) is 0 Å². The highest BCUT2D eigenvalue weighted by molar-refractivity contribution is 6.28. The fourth-order valence-electron chi connectivity index (χ4n) is 14.5. The van der Waals surface area contributed by atoms with Crippen molar-refractivity contribution in [3.05, 3.63) is 191 Å². The molecule has 1 saturated heterocycles. The third-order valence-electron chi connectivity index (χ3n) is 19.9. The van der Waals surface area contributed by atoms with Crippen molar-refractivity contribution in [2.24, 2.45) is 33.2 Å². The van der Waals surface area contributed by atoms with E-state index in [-0.39, 0.29) is 72.4 Å². The molecule has 1 unspecified atom stereocenters. The van der Waals surface area contributed by atoms with E-state index in [1.165, 1.54) is 64.1 Å². The first kappa shape index (κ1) is 77.0. The number of Topliss-reactive ketones (excluding diaryl/α,β-unsaturated/α-hetero) is 2. The van der Waals surface area contributed by atoms with Gasteiger partial charge in [0.1, 0.15) is 42.0 Å². The van der Waals surface area contributed by atoms with Crippen LogP contribution in [0.5, 0.6) is 0 Å². The van der Waals surface area contributed by atoms with Crippen LogP contribution in [0.4, 0.5) is 0 Å². The van der Waals surface area contributed by atoms with Gasteiger partial charge in [-0.15, -0.1) is 11.6 Å². The minimum Gasteiger partial charge on any atom is -0.455 e. The third-order valence-corrected chi connectivity index (χ3v) is 20.2. The lowest BCUT2D eigenvalue weighted by Crippen LogP contribution is -2.82. The van der Waals surface area contributed by atoms with E-state index in [4.69, 9.17) is 51.5 Å². The van der Waals surface area contributed by atoms with Gasteiger partial charge in [-0.1, -0.05) is 141 Å². The highest BCUT2D eigenvalue weighted by Gasteiger charge is 2.78. The van der Waals surface area contributed by atoms with Crippen molar-refractivity contribution < 1.29 is 91.4 Å². The number of halogens is 1. The van der Waals surface area contributed by atoms with E-state index >= 15 is 9.59 Å². The fourth-order valence-corrected chi connectivity index (χ4v) is 14.7. The van der Waals surface area contributed by atoms with Crippen LogP contribution in [-0.2, 0) is 84.4 Å². The van der Waals surface area contributed by atoms with Gasteiger partial charge in [0.05, 0.1) is 47.9 Å². The number of carbonyl (C=O) groups excluding carboxylic acids is 11. The molecule has 0 spiro atoms. The Labute approximate surface area is 600 Å². The first-order valence-corrected chi connectivity index (χ1v) is 34.4. The van der Waals surface area contributed by atoms with Gasteiger partial charge in [-0.05, 0) is 78.8 Å². The number of aliphatic imine (C=N–C) groups is 1. The molecule has 0 aromatic heterocycles. The number of aliphatic hydroxyl groups is 2. The summed E-state index contributed by atoms with van der Waals surface area (Å²) in [4.78, 5) is 163. The number of esters is 5. The number of aliphatic hydroxyl groups excluding tert-OH is 1. The molecule has 2 bridgehead atoms. The van der Waals surface area contributed by atoms with E-state index in [9.17, 15) is 53.4 Å². The minimum atomic E-state index is -2.60. The number of nitrogens with one attached hydrogen (secondary N) is 4. The number of nitrogens with two attached hydrogens (primary N) is 2. The van der Waals surface area contributed by atoms with Gasteiger partial charge >= 0.3 is 29.8 Å². The summed E-state index contributed by atoms with van der Waals surface area (Å²) in [7, 11) is 0. The molecule has 3 aliphatic carbocycles. The maximum Gasteiger partial charge on any atom is 0.350 e. The number of rotatable bonds is 29. The normalized spacial score (nSPS) is 24.4. The van der Waals surface area contributed by atoms with Gasteiger partial charge in [0, 0.05) is 63.5 Å². The van der Waals surface area contributed by atoms with Crippen molar-refractivity contribution in [1.82, 2.24) is 21.3 Å². The molecule has 1 aliphatic heterocycles. The van der Waals surface area contributed by atoms with Crippen LogP contribution >= 0.6 is 11.6 Å². The number of ketones is 2. The van der Waals surface area contributed by atoms with Gasteiger partial charge in [0.2, 0.25) is 23.8 Å². The van der Waals surface area contributed by atoms with Crippen molar-refractivity contribution in [2.45, 2.75) is 165 Å². The number of benzene rings is 5. The average molecular weight is 1440 g/mol. The Bertz CT molecular complexity index is 4010. The van der Waals surface area contributed by atoms with Gasteiger partial charge in [-0.25, -0.2) is 9.59 Å². The van der Waals surface area contributed by atoms with E-state index in [2.05, 4.69) is 26.3 Å². The second-order valence-electron chi connectivity index (χ2n) is 27.0. The van der Waals surface area contributed by atoms with Crippen molar-refractivity contribution in [1.29, 1.82) is 0 Å². The standard InChI is InChI=1S/C76H86ClN7O19/c1-43-55(40-76(97)66(102-70(95)50-31-20-11-21-32-50)64-74(6,56(88)39-57-75(64,42-98-57)103-45(3)86)65(91)62(99-44(2)85)60(43)73(76,4)5)100-71(96)63(61(48-27-16-9-17-28-48)84-67(92)49-29-18-10-19-30-49)101-59(90)35-34-58(89)81-52(37-46-23-12-7-13-24-46)68(93)83-53(38-47-25-14-8-15-26-47)69(94)82-51(54(87)41-77)33-22-36-80-72(78)79/h7-21,23-32,51-53,55-57,61-64,66,88,97H,22,33-42H2,1-6H3,(H,81,89)(H,82,94)(H,83,93)(H,84,92)(H4,78,79,80)/t51-,52-,53-,55?,56-,57+,61-,62+,63+,64-,66-,74+,75-,76+/m0/s1. The van der Waals surface area contributed by atoms with Crippen LogP contribution in [0.1, 0.15) is 124 Å². The number of hydrogen-bond acceptors (Lipinski definition) is 20. The van der Waals surface area contributed by atoms with Crippen LogP contribution in [-0.4, -0.2) is 166 Å². The summed E-state index contributed by atoms with van der Waals surface area (Å²) in [6, 6.07) is 35.2.